The van der Waals surface area contributed by atoms with Gasteiger partial charge in [-0.25, -0.2) is 4.79 Å². The van der Waals surface area contributed by atoms with Crippen LogP contribution in [0.15, 0.2) is 47.6 Å². The Morgan fingerprint density at radius 2 is 1.61 bits per heavy atom. The standard InChI is InChI=1S/C46H66O15/c1-21(2)16-29-22(3)34-32(58-42(29)55)18-31-28-11-8-25-17-27(12-14-45(25,5)30(28)13-15-46(31,34)20-48)57-44-40(37(52)36(51)33(19-47)59-44)61-43-38(53)39(35(50)23(4)56-43)60-41(54)24-6-9-26(49)10-7-24/h6-10,16,22-23,27-40,42-44,47-53,55H,11-15,17-20H2,1-5H3/t22-,23-,27+,28-,29-,30-,31+,32-,33-,34+,35-,36-,37+,38-,39+,40-,42-,43+,44-,45-,46-/m0/s1. The van der Waals surface area contributed by atoms with E-state index in [2.05, 4.69) is 26.0 Å². The number of hydrogen-bond acceptors (Lipinski definition) is 15. The summed E-state index contributed by atoms with van der Waals surface area (Å²) in [4.78, 5) is 13.0. The largest absolute Gasteiger partial charge is 0.508 e. The predicted molar refractivity (Wildman–Crippen MR) is 216 cm³/mol. The smallest absolute Gasteiger partial charge is 0.338 e. The van der Waals surface area contributed by atoms with Crippen LogP contribution >= 0.6 is 0 Å². The van der Waals surface area contributed by atoms with Crippen molar-refractivity contribution in [2.24, 2.45) is 46.3 Å². The number of carbonyl (C=O) groups excluding carboxylic acids is 1. The van der Waals surface area contributed by atoms with E-state index in [1.54, 1.807) is 0 Å². The number of allylic oxidation sites excluding steroid dienone is 2. The minimum atomic E-state index is -1.74. The number of phenolic OH excluding ortho intramolecular Hbond substituents is 1. The molecule has 6 fully saturated rings. The average Bonchev–Trinajstić information content (AvgIpc) is 3.57. The fraction of sp³-hybridized carbons (Fsp3) is 0.761. The average molecular weight is 859 g/mol. The molecule has 15 nitrogen and oxygen atoms in total. The van der Waals surface area contributed by atoms with E-state index in [1.165, 1.54) is 36.8 Å². The lowest BCUT2D eigenvalue weighted by Gasteiger charge is -2.59. The van der Waals surface area contributed by atoms with E-state index in [0.29, 0.717) is 24.7 Å². The molecule has 3 heterocycles. The Bertz CT molecular complexity index is 1780. The number of rotatable bonds is 9. The van der Waals surface area contributed by atoms with Crippen LogP contribution in [0.25, 0.3) is 0 Å². The third-order valence-corrected chi connectivity index (χ3v) is 16.1. The molecule has 3 saturated carbocycles. The van der Waals surface area contributed by atoms with Crippen molar-refractivity contribution in [1.82, 2.24) is 0 Å². The molecule has 7 aliphatic rings. The second-order valence-electron chi connectivity index (χ2n) is 19.6. The molecule has 1 aromatic rings. The highest BCUT2D eigenvalue weighted by molar-refractivity contribution is 5.89. The minimum Gasteiger partial charge on any atom is -0.508 e. The number of aliphatic hydroxyl groups excluding tert-OH is 7. The van der Waals surface area contributed by atoms with E-state index in [9.17, 15) is 45.6 Å². The molecule has 0 radical (unpaired) electrons. The Labute approximate surface area is 357 Å². The Balaban J connectivity index is 0.975. The molecule has 21 atom stereocenters. The summed E-state index contributed by atoms with van der Waals surface area (Å²) >= 11 is 0. The first-order valence-corrected chi connectivity index (χ1v) is 22.2. The molecular weight excluding hydrogens is 792 g/mol. The third-order valence-electron chi connectivity index (χ3n) is 16.1. The van der Waals surface area contributed by atoms with Crippen LogP contribution in [0.5, 0.6) is 5.75 Å². The highest BCUT2D eigenvalue weighted by Crippen LogP contribution is 2.69. The zero-order valence-electron chi connectivity index (χ0n) is 35.7. The summed E-state index contributed by atoms with van der Waals surface area (Å²) in [5, 5.41) is 86.7. The summed E-state index contributed by atoms with van der Waals surface area (Å²) in [7, 11) is 0. The lowest BCUT2D eigenvalue weighted by Crippen LogP contribution is -2.65. The molecule has 61 heavy (non-hydrogen) atoms. The van der Waals surface area contributed by atoms with E-state index < -0.39 is 80.3 Å². The Kier molecular flexibility index (Phi) is 12.9. The summed E-state index contributed by atoms with van der Waals surface area (Å²) < 4.78 is 36.5. The number of hydrogen-bond donors (Lipinski definition) is 8. The molecule has 0 bridgehead atoms. The van der Waals surface area contributed by atoms with Crippen LogP contribution < -0.4 is 0 Å². The SMILES string of the molecule is CC(C)=C[C@H]1[C@H](C)[C@@H]2[C@H](C[C@@H]3[C@H]4CC=C5C[C@H](O[C@H]6O[C@@H](CO)[C@H](O)[C@@H](O)[C@@H]6O[C@H]6O[C@@H](C)[C@H](O)[C@@H](OC(=O)c7ccc(O)cc7)[C@@H]6O)CC[C@]5(C)[C@H]4CC[C@@]23CO)O[C@@H]1O. The van der Waals surface area contributed by atoms with Crippen molar-refractivity contribution < 1.29 is 74.1 Å². The molecule has 4 aliphatic carbocycles. The summed E-state index contributed by atoms with van der Waals surface area (Å²) in [6, 6.07) is 5.27. The highest BCUT2D eigenvalue weighted by Gasteiger charge is 2.66. The molecule has 8 N–H and O–H groups in total. The van der Waals surface area contributed by atoms with Gasteiger partial charge >= 0.3 is 5.97 Å². The van der Waals surface area contributed by atoms with Crippen molar-refractivity contribution in [1.29, 1.82) is 0 Å². The van der Waals surface area contributed by atoms with Crippen LogP contribution in [-0.2, 0) is 28.4 Å². The van der Waals surface area contributed by atoms with E-state index in [1.807, 2.05) is 13.8 Å². The monoisotopic (exact) mass is 858 g/mol. The lowest BCUT2D eigenvalue weighted by molar-refractivity contribution is -0.369. The van der Waals surface area contributed by atoms with Crippen molar-refractivity contribution in [3.63, 3.8) is 0 Å². The minimum absolute atomic E-state index is 0.0611. The Hall–Kier alpha value is -2.51. The molecular formula is C46H66O15. The molecule has 0 spiro atoms. The molecule has 15 heteroatoms. The maximum Gasteiger partial charge on any atom is 0.338 e. The maximum atomic E-state index is 13.0. The van der Waals surface area contributed by atoms with Crippen LogP contribution in [-0.4, -0.2) is 140 Å². The molecule has 3 aliphatic heterocycles. The number of aliphatic hydroxyl groups is 7. The number of aromatic hydroxyl groups is 1. The third kappa shape index (κ3) is 7.92. The number of fused-ring (bicyclic) bond motifs is 7. The second-order valence-corrected chi connectivity index (χ2v) is 19.6. The van der Waals surface area contributed by atoms with Gasteiger partial charge in [-0.2, -0.15) is 0 Å². The molecule has 1 aromatic carbocycles. The van der Waals surface area contributed by atoms with Crippen LogP contribution in [0.1, 0.15) is 89.9 Å². The molecule has 8 rings (SSSR count). The molecule has 340 valence electrons. The summed E-state index contributed by atoms with van der Waals surface area (Å²) in [6.07, 6.45) is -5.77. The number of ether oxygens (including phenoxy) is 6. The van der Waals surface area contributed by atoms with Crippen molar-refractivity contribution in [3.05, 3.63) is 53.1 Å². The number of esters is 1. The van der Waals surface area contributed by atoms with Gasteiger partial charge in [-0.3, -0.25) is 0 Å². The van der Waals surface area contributed by atoms with Gasteiger partial charge in [0.25, 0.3) is 0 Å². The van der Waals surface area contributed by atoms with Crippen molar-refractivity contribution in [2.75, 3.05) is 13.2 Å². The fourth-order valence-electron chi connectivity index (χ4n) is 13.0. The summed E-state index contributed by atoms with van der Waals surface area (Å²) in [5.41, 5.74) is 2.09. The summed E-state index contributed by atoms with van der Waals surface area (Å²) in [6.45, 7) is 9.65. The quantitative estimate of drug-likeness (QED) is 0.132. The van der Waals surface area contributed by atoms with Gasteiger partial charge in [0.15, 0.2) is 25.0 Å². The van der Waals surface area contributed by atoms with Crippen LogP contribution in [0.2, 0.25) is 0 Å². The van der Waals surface area contributed by atoms with E-state index in [0.717, 1.165) is 37.7 Å². The van der Waals surface area contributed by atoms with Crippen molar-refractivity contribution in [3.8, 4) is 5.75 Å². The Morgan fingerprint density at radius 3 is 2.30 bits per heavy atom. The van der Waals surface area contributed by atoms with Gasteiger partial charge in [-0.1, -0.05) is 37.1 Å². The van der Waals surface area contributed by atoms with Crippen LogP contribution in [0.4, 0.5) is 0 Å². The number of carbonyl (C=O) groups is 1. The summed E-state index contributed by atoms with van der Waals surface area (Å²) in [5.74, 6) is 0.237. The lowest BCUT2D eigenvalue weighted by atomic mass is 9.46. The molecule has 0 amide bonds. The predicted octanol–water partition coefficient (Wildman–Crippen LogP) is 2.69. The van der Waals surface area contributed by atoms with Crippen LogP contribution in [0.3, 0.4) is 0 Å². The molecule has 0 aromatic heterocycles. The van der Waals surface area contributed by atoms with Crippen LogP contribution in [0, 0.1) is 46.3 Å². The van der Waals surface area contributed by atoms with Gasteiger partial charge in [0.1, 0.15) is 42.4 Å². The molecule has 0 unspecified atom stereocenters. The van der Waals surface area contributed by atoms with Gasteiger partial charge in [0, 0.05) is 17.9 Å². The first-order valence-electron chi connectivity index (χ1n) is 22.2. The second kappa shape index (κ2) is 17.5. The highest BCUT2D eigenvalue weighted by atomic mass is 16.8. The van der Waals surface area contributed by atoms with Crippen molar-refractivity contribution in [2.45, 2.75) is 159 Å². The number of phenols is 1. The van der Waals surface area contributed by atoms with Gasteiger partial charge < -0.3 is 69.3 Å². The first-order chi connectivity index (χ1) is 29.0. The normalized spacial score (nSPS) is 48.1. The van der Waals surface area contributed by atoms with E-state index in [-0.39, 0.29) is 64.6 Å². The van der Waals surface area contributed by atoms with Crippen molar-refractivity contribution >= 4 is 5.97 Å². The van der Waals surface area contributed by atoms with Gasteiger partial charge in [-0.15, -0.1) is 0 Å². The number of benzene rings is 1. The topological polar surface area (TPSA) is 234 Å². The van der Waals surface area contributed by atoms with E-state index >= 15 is 0 Å². The van der Waals surface area contributed by atoms with Gasteiger partial charge in [-0.05, 0) is 125 Å². The maximum absolute atomic E-state index is 13.0. The fourth-order valence-corrected chi connectivity index (χ4v) is 13.0. The zero-order valence-corrected chi connectivity index (χ0v) is 35.7. The van der Waals surface area contributed by atoms with E-state index in [4.69, 9.17) is 28.4 Å². The zero-order chi connectivity index (χ0) is 43.7. The van der Waals surface area contributed by atoms with Gasteiger partial charge in [0.2, 0.25) is 0 Å². The molecule has 3 saturated heterocycles. The van der Waals surface area contributed by atoms with Gasteiger partial charge in [0.05, 0.1) is 30.5 Å². The first kappa shape index (κ1) is 45.1. The Morgan fingerprint density at radius 1 is 0.869 bits per heavy atom.